The van der Waals surface area contributed by atoms with Crippen LogP contribution in [0.15, 0.2) is 72.8 Å². The number of aromatic nitrogens is 1. The normalized spacial score (nSPS) is 10.9. The molecule has 3 aromatic rings. The number of ether oxygens (including phenoxy) is 1. The van der Waals surface area contributed by atoms with Gasteiger partial charge in [-0.25, -0.2) is 9.78 Å². The van der Waals surface area contributed by atoms with Crippen molar-refractivity contribution in [2.45, 2.75) is 6.61 Å². The Kier molecular flexibility index (Phi) is 4.25. The highest BCUT2D eigenvalue weighted by atomic mass is 16.5. The molecule has 0 saturated carbocycles. The Labute approximate surface area is 128 Å². The number of para-hydroxylation sites is 1. The van der Waals surface area contributed by atoms with Gasteiger partial charge in [-0.3, -0.25) is 0 Å². The Bertz CT molecular complexity index is 810. The highest BCUT2D eigenvalue weighted by molar-refractivity contribution is 5.87. The van der Waals surface area contributed by atoms with Gasteiger partial charge in [0, 0.05) is 11.5 Å². The summed E-state index contributed by atoms with van der Waals surface area (Å²) in [5.74, 6) is -0.376. The highest BCUT2D eigenvalue weighted by Crippen LogP contribution is 2.12. The average molecular weight is 289 g/mol. The van der Waals surface area contributed by atoms with Crippen LogP contribution in [0.1, 0.15) is 11.3 Å². The second kappa shape index (κ2) is 6.68. The van der Waals surface area contributed by atoms with Crippen LogP contribution in [-0.2, 0) is 16.1 Å². The number of carbonyl (C=O) groups is 1. The van der Waals surface area contributed by atoms with E-state index in [1.165, 1.54) is 6.08 Å². The van der Waals surface area contributed by atoms with Crippen molar-refractivity contribution in [3.63, 3.8) is 0 Å². The summed E-state index contributed by atoms with van der Waals surface area (Å²) in [7, 11) is 0. The average Bonchev–Trinajstić information content (AvgIpc) is 2.59. The topological polar surface area (TPSA) is 39.2 Å². The molecule has 0 saturated heterocycles. The number of carbonyl (C=O) groups excluding carboxylic acids is 1. The lowest BCUT2D eigenvalue weighted by molar-refractivity contribution is -0.138. The third-order valence-electron chi connectivity index (χ3n) is 3.23. The van der Waals surface area contributed by atoms with E-state index in [1.807, 2.05) is 66.7 Å². The van der Waals surface area contributed by atoms with E-state index < -0.39 is 0 Å². The summed E-state index contributed by atoms with van der Waals surface area (Å²) in [4.78, 5) is 16.2. The summed E-state index contributed by atoms with van der Waals surface area (Å²) in [6, 6.07) is 21.3. The quantitative estimate of drug-likeness (QED) is 0.538. The molecule has 108 valence electrons. The maximum absolute atomic E-state index is 11.7. The van der Waals surface area contributed by atoms with Gasteiger partial charge in [0.15, 0.2) is 0 Å². The summed E-state index contributed by atoms with van der Waals surface area (Å²) < 4.78 is 5.18. The molecule has 3 nitrogen and oxygen atoms in total. The minimum Gasteiger partial charge on any atom is -0.458 e. The van der Waals surface area contributed by atoms with Crippen LogP contribution in [0.3, 0.4) is 0 Å². The van der Waals surface area contributed by atoms with Crippen LogP contribution in [0, 0.1) is 0 Å². The molecular formula is C19H15NO2. The zero-order chi connectivity index (χ0) is 15.2. The number of hydrogen-bond donors (Lipinski definition) is 0. The Morgan fingerprint density at radius 3 is 2.59 bits per heavy atom. The molecule has 1 heterocycles. The standard InChI is InChI=1S/C19H15NO2/c21-19(22-14-15-6-2-1-3-7-15)13-12-17-11-10-16-8-4-5-9-18(16)20-17/h1-13H,14H2/b13-12+. The van der Waals surface area contributed by atoms with Crippen molar-refractivity contribution in [2.24, 2.45) is 0 Å². The molecule has 0 fully saturated rings. The first-order valence-electron chi connectivity index (χ1n) is 7.06. The van der Waals surface area contributed by atoms with Gasteiger partial charge < -0.3 is 4.74 Å². The largest absolute Gasteiger partial charge is 0.458 e. The second-order valence-electron chi connectivity index (χ2n) is 4.86. The maximum atomic E-state index is 11.7. The van der Waals surface area contributed by atoms with E-state index in [0.29, 0.717) is 0 Å². The lowest BCUT2D eigenvalue weighted by Gasteiger charge is -2.01. The van der Waals surface area contributed by atoms with Gasteiger partial charge in [0.05, 0.1) is 11.2 Å². The van der Waals surface area contributed by atoms with Crippen molar-refractivity contribution in [3.8, 4) is 0 Å². The molecule has 1 aromatic heterocycles. The van der Waals surface area contributed by atoms with Crippen LogP contribution in [0.5, 0.6) is 0 Å². The molecule has 0 aliphatic heterocycles. The Morgan fingerprint density at radius 2 is 1.73 bits per heavy atom. The zero-order valence-corrected chi connectivity index (χ0v) is 12.0. The van der Waals surface area contributed by atoms with E-state index in [0.717, 1.165) is 22.2 Å². The van der Waals surface area contributed by atoms with Crippen molar-refractivity contribution < 1.29 is 9.53 Å². The number of nitrogens with zero attached hydrogens (tertiary/aromatic N) is 1. The molecule has 22 heavy (non-hydrogen) atoms. The van der Waals surface area contributed by atoms with E-state index in [1.54, 1.807) is 6.08 Å². The SMILES string of the molecule is O=C(/C=C/c1ccc2ccccc2n1)OCc1ccccc1. The number of benzene rings is 2. The van der Waals surface area contributed by atoms with Crippen LogP contribution in [0.25, 0.3) is 17.0 Å². The van der Waals surface area contributed by atoms with Crippen LogP contribution in [0.2, 0.25) is 0 Å². The third kappa shape index (κ3) is 3.58. The van der Waals surface area contributed by atoms with Gasteiger partial charge in [0.25, 0.3) is 0 Å². The zero-order valence-electron chi connectivity index (χ0n) is 12.0. The summed E-state index contributed by atoms with van der Waals surface area (Å²) >= 11 is 0. The number of fused-ring (bicyclic) bond motifs is 1. The van der Waals surface area contributed by atoms with Crippen molar-refractivity contribution >= 4 is 22.9 Å². The molecule has 0 atom stereocenters. The molecule has 3 rings (SSSR count). The molecule has 3 heteroatoms. The van der Waals surface area contributed by atoms with Crippen LogP contribution in [0.4, 0.5) is 0 Å². The Balaban J connectivity index is 1.63. The lowest BCUT2D eigenvalue weighted by Crippen LogP contribution is -2.00. The van der Waals surface area contributed by atoms with E-state index in [-0.39, 0.29) is 12.6 Å². The smallest absolute Gasteiger partial charge is 0.331 e. The number of rotatable bonds is 4. The van der Waals surface area contributed by atoms with Gasteiger partial charge in [-0.05, 0) is 23.8 Å². The molecule has 2 aromatic carbocycles. The molecule has 0 spiro atoms. The van der Waals surface area contributed by atoms with E-state index in [4.69, 9.17) is 4.74 Å². The van der Waals surface area contributed by atoms with Gasteiger partial charge in [-0.2, -0.15) is 0 Å². The van der Waals surface area contributed by atoms with Crippen molar-refractivity contribution in [3.05, 3.63) is 84.1 Å². The van der Waals surface area contributed by atoms with E-state index in [2.05, 4.69) is 4.98 Å². The third-order valence-corrected chi connectivity index (χ3v) is 3.23. The fourth-order valence-electron chi connectivity index (χ4n) is 2.10. The number of esters is 1. The molecule has 0 bridgehead atoms. The maximum Gasteiger partial charge on any atom is 0.331 e. The number of hydrogen-bond acceptors (Lipinski definition) is 3. The van der Waals surface area contributed by atoms with E-state index >= 15 is 0 Å². The van der Waals surface area contributed by atoms with Gasteiger partial charge in [-0.15, -0.1) is 0 Å². The lowest BCUT2D eigenvalue weighted by atomic mass is 10.2. The molecule has 0 unspecified atom stereocenters. The molecule has 0 amide bonds. The second-order valence-corrected chi connectivity index (χ2v) is 4.86. The first-order chi connectivity index (χ1) is 10.8. The number of pyridine rings is 1. The van der Waals surface area contributed by atoms with E-state index in [9.17, 15) is 4.79 Å². The summed E-state index contributed by atoms with van der Waals surface area (Å²) in [5, 5.41) is 1.08. The van der Waals surface area contributed by atoms with Gasteiger partial charge >= 0.3 is 5.97 Å². The monoisotopic (exact) mass is 289 g/mol. The molecule has 0 aliphatic rings. The highest BCUT2D eigenvalue weighted by Gasteiger charge is 1.99. The molecule has 0 radical (unpaired) electrons. The van der Waals surface area contributed by atoms with Gasteiger partial charge in [0.1, 0.15) is 6.61 Å². The molecule has 0 N–H and O–H groups in total. The predicted octanol–water partition coefficient (Wildman–Crippen LogP) is 3.99. The molecule has 0 aliphatic carbocycles. The Morgan fingerprint density at radius 1 is 0.955 bits per heavy atom. The van der Waals surface area contributed by atoms with Crippen LogP contribution < -0.4 is 0 Å². The van der Waals surface area contributed by atoms with Gasteiger partial charge in [-0.1, -0.05) is 54.6 Å². The summed E-state index contributed by atoms with van der Waals surface area (Å²) in [6.07, 6.45) is 3.07. The molecular weight excluding hydrogens is 274 g/mol. The van der Waals surface area contributed by atoms with Crippen molar-refractivity contribution in [1.82, 2.24) is 4.98 Å². The van der Waals surface area contributed by atoms with Crippen LogP contribution >= 0.6 is 0 Å². The first kappa shape index (κ1) is 14.0. The fraction of sp³-hybridized carbons (Fsp3) is 0.0526. The summed E-state index contributed by atoms with van der Waals surface area (Å²) in [5.41, 5.74) is 2.60. The van der Waals surface area contributed by atoms with Gasteiger partial charge in [0.2, 0.25) is 0 Å². The minimum absolute atomic E-state index is 0.273. The predicted molar refractivity (Wildman–Crippen MR) is 87.0 cm³/mol. The first-order valence-corrected chi connectivity index (χ1v) is 7.06. The van der Waals surface area contributed by atoms with Crippen molar-refractivity contribution in [2.75, 3.05) is 0 Å². The van der Waals surface area contributed by atoms with Crippen molar-refractivity contribution in [1.29, 1.82) is 0 Å². The fourth-order valence-corrected chi connectivity index (χ4v) is 2.10. The Hall–Kier alpha value is -2.94. The minimum atomic E-state index is -0.376. The van der Waals surface area contributed by atoms with Crippen LogP contribution in [-0.4, -0.2) is 11.0 Å². The summed E-state index contributed by atoms with van der Waals surface area (Å²) in [6.45, 7) is 0.273.